The summed E-state index contributed by atoms with van der Waals surface area (Å²) in [5, 5.41) is 38.8. The third-order valence-electron chi connectivity index (χ3n) is 5.28. The predicted molar refractivity (Wildman–Crippen MR) is 131 cm³/mol. The number of aryl methyl sites for hydroxylation is 2. The maximum atomic E-state index is 11.9. The molecule has 0 saturated carbocycles. The van der Waals surface area contributed by atoms with Gasteiger partial charge in [0.2, 0.25) is 0 Å². The highest BCUT2D eigenvalue weighted by atomic mass is 16.3. The summed E-state index contributed by atoms with van der Waals surface area (Å²) in [5.74, 6) is 0.493. The second kappa shape index (κ2) is 12.0. The van der Waals surface area contributed by atoms with E-state index in [9.17, 15) is 20.1 Å². The molecule has 6 heteroatoms. The minimum atomic E-state index is -0.310. The van der Waals surface area contributed by atoms with Crippen molar-refractivity contribution in [1.29, 1.82) is 0 Å². The molecule has 3 aromatic rings. The largest absolute Gasteiger partial charge is 0.508 e. The van der Waals surface area contributed by atoms with E-state index in [0.717, 1.165) is 24.0 Å². The third-order valence-corrected chi connectivity index (χ3v) is 5.28. The molecule has 0 radical (unpaired) electrons. The first-order chi connectivity index (χ1) is 15.6. The summed E-state index contributed by atoms with van der Waals surface area (Å²) in [6.45, 7) is 7.67. The van der Waals surface area contributed by atoms with Crippen LogP contribution >= 0.6 is 0 Å². The van der Waals surface area contributed by atoms with Crippen LogP contribution in [-0.2, 0) is 12.8 Å². The Bertz CT molecular complexity index is 1170. The van der Waals surface area contributed by atoms with Gasteiger partial charge in [-0.25, -0.2) is 0 Å². The zero-order chi connectivity index (χ0) is 24.5. The van der Waals surface area contributed by atoms with Crippen molar-refractivity contribution in [2.24, 2.45) is 0 Å². The van der Waals surface area contributed by atoms with Crippen LogP contribution in [0.3, 0.4) is 0 Å². The zero-order valence-electron chi connectivity index (χ0n) is 19.8. The molecule has 33 heavy (non-hydrogen) atoms. The average Bonchev–Trinajstić information content (AvgIpc) is 2.72. The molecule has 0 saturated heterocycles. The van der Waals surface area contributed by atoms with E-state index in [2.05, 4.69) is 6.92 Å². The Kier molecular flexibility index (Phi) is 9.40. The van der Waals surface area contributed by atoms with E-state index >= 15 is 0 Å². The molecular formula is C27H34O6. The molecule has 0 aliphatic carbocycles. The summed E-state index contributed by atoms with van der Waals surface area (Å²) in [6.07, 6.45) is 7.91. The first kappa shape index (κ1) is 25.8. The SMILES string of the molecule is CC(C)=CCc1c(O)cc2oc(C)cc(=O)c2c1O.CCCCCCc1ccc(O)cc1O. The Morgan fingerprint density at radius 1 is 0.970 bits per heavy atom. The highest BCUT2D eigenvalue weighted by Crippen LogP contribution is 2.34. The molecule has 0 bridgehead atoms. The Morgan fingerprint density at radius 2 is 1.70 bits per heavy atom. The van der Waals surface area contributed by atoms with Crippen LogP contribution in [0, 0.1) is 6.92 Å². The molecular weight excluding hydrogens is 420 g/mol. The van der Waals surface area contributed by atoms with Crippen LogP contribution in [0.5, 0.6) is 23.0 Å². The van der Waals surface area contributed by atoms with E-state index in [1.165, 1.54) is 37.5 Å². The molecule has 2 aromatic carbocycles. The van der Waals surface area contributed by atoms with E-state index in [1.807, 2.05) is 19.9 Å². The smallest absolute Gasteiger partial charge is 0.196 e. The number of benzene rings is 2. The van der Waals surface area contributed by atoms with E-state index in [1.54, 1.807) is 19.1 Å². The Balaban J connectivity index is 0.000000245. The molecule has 178 valence electrons. The van der Waals surface area contributed by atoms with E-state index < -0.39 is 0 Å². The van der Waals surface area contributed by atoms with Gasteiger partial charge in [-0.3, -0.25) is 4.79 Å². The van der Waals surface area contributed by atoms with Crippen LogP contribution in [0.1, 0.15) is 63.3 Å². The summed E-state index contributed by atoms with van der Waals surface area (Å²) in [4.78, 5) is 11.9. The maximum absolute atomic E-state index is 11.9. The van der Waals surface area contributed by atoms with Gasteiger partial charge < -0.3 is 24.8 Å². The third kappa shape index (κ3) is 7.31. The van der Waals surface area contributed by atoms with Crippen molar-refractivity contribution >= 4 is 11.0 Å². The van der Waals surface area contributed by atoms with Crippen LogP contribution in [0.25, 0.3) is 11.0 Å². The lowest BCUT2D eigenvalue weighted by molar-refractivity contribution is 0.441. The topological polar surface area (TPSA) is 111 Å². The lowest BCUT2D eigenvalue weighted by atomic mass is 10.0. The normalized spacial score (nSPS) is 10.5. The van der Waals surface area contributed by atoms with Crippen LogP contribution < -0.4 is 5.43 Å². The predicted octanol–water partition coefficient (Wildman–Crippen LogP) is 6.24. The quantitative estimate of drug-likeness (QED) is 0.248. The summed E-state index contributed by atoms with van der Waals surface area (Å²) in [5.41, 5.74) is 2.22. The van der Waals surface area contributed by atoms with Gasteiger partial charge in [0, 0.05) is 23.8 Å². The lowest BCUT2D eigenvalue weighted by Crippen LogP contribution is -2.02. The van der Waals surface area contributed by atoms with Crippen molar-refractivity contribution < 1.29 is 24.8 Å². The van der Waals surface area contributed by atoms with Crippen LogP contribution in [0.4, 0.5) is 0 Å². The van der Waals surface area contributed by atoms with Crippen molar-refractivity contribution in [2.45, 2.75) is 66.2 Å². The molecule has 0 spiro atoms. The van der Waals surface area contributed by atoms with Gasteiger partial charge in [-0.1, -0.05) is 43.9 Å². The number of hydrogen-bond acceptors (Lipinski definition) is 6. The Hall–Kier alpha value is -3.41. The van der Waals surface area contributed by atoms with Crippen molar-refractivity contribution in [3.63, 3.8) is 0 Å². The van der Waals surface area contributed by atoms with Crippen molar-refractivity contribution in [3.05, 3.63) is 69.1 Å². The number of hydrogen-bond donors (Lipinski definition) is 4. The van der Waals surface area contributed by atoms with Crippen LogP contribution in [0.15, 0.2) is 51.2 Å². The zero-order valence-corrected chi connectivity index (χ0v) is 19.8. The van der Waals surface area contributed by atoms with Crippen molar-refractivity contribution in [3.8, 4) is 23.0 Å². The number of unbranched alkanes of at least 4 members (excludes halogenated alkanes) is 3. The Labute approximate surface area is 194 Å². The average molecular weight is 455 g/mol. The molecule has 0 amide bonds. The van der Waals surface area contributed by atoms with E-state index in [-0.39, 0.29) is 39.4 Å². The number of fused-ring (bicyclic) bond motifs is 1. The Morgan fingerprint density at radius 3 is 2.33 bits per heavy atom. The fourth-order valence-corrected chi connectivity index (χ4v) is 3.46. The first-order valence-electron chi connectivity index (χ1n) is 11.3. The fourth-order valence-electron chi connectivity index (χ4n) is 3.46. The molecule has 0 fully saturated rings. The van der Waals surface area contributed by atoms with Gasteiger partial charge >= 0.3 is 0 Å². The number of rotatable bonds is 7. The second-order valence-electron chi connectivity index (χ2n) is 8.43. The number of aromatic hydroxyl groups is 4. The van der Waals surface area contributed by atoms with Gasteiger partial charge in [-0.05, 0) is 51.7 Å². The van der Waals surface area contributed by atoms with E-state index in [0.29, 0.717) is 17.7 Å². The first-order valence-corrected chi connectivity index (χ1v) is 11.3. The number of allylic oxidation sites excluding steroid dienone is 2. The van der Waals surface area contributed by atoms with Crippen molar-refractivity contribution in [1.82, 2.24) is 0 Å². The standard InChI is InChI=1S/C15H16O4.C12H18O2/c1-8(2)4-5-10-11(16)7-13-14(15(10)18)12(17)6-9(3)19-13;1-2-3-4-5-6-10-7-8-11(13)9-12(10)14/h4,6-7,16,18H,5H2,1-3H3;7-9,13-14H,2-6H2,1H3. The summed E-state index contributed by atoms with van der Waals surface area (Å²) in [7, 11) is 0. The second-order valence-corrected chi connectivity index (χ2v) is 8.43. The highest BCUT2D eigenvalue weighted by Gasteiger charge is 2.16. The monoisotopic (exact) mass is 454 g/mol. The molecule has 0 aliphatic rings. The summed E-state index contributed by atoms with van der Waals surface area (Å²) >= 11 is 0. The van der Waals surface area contributed by atoms with Gasteiger partial charge in [-0.15, -0.1) is 0 Å². The van der Waals surface area contributed by atoms with Crippen LogP contribution in [0.2, 0.25) is 0 Å². The van der Waals surface area contributed by atoms with Gasteiger partial charge in [0.05, 0.1) is 0 Å². The van der Waals surface area contributed by atoms with Gasteiger partial charge in [0.15, 0.2) is 5.43 Å². The molecule has 4 N–H and O–H groups in total. The number of phenols is 4. The summed E-state index contributed by atoms with van der Waals surface area (Å²) in [6, 6.07) is 7.50. The number of phenolic OH excluding ortho intramolecular Hbond substituents is 4. The van der Waals surface area contributed by atoms with Gasteiger partial charge in [0.1, 0.15) is 39.7 Å². The highest BCUT2D eigenvalue weighted by molar-refractivity contribution is 5.86. The minimum Gasteiger partial charge on any atom is -0.508 e. The van der Waals surface area contributed by atoms with Crippen LogP contribution in [-0.4, -0.2) is 20.4 Å². The molecule has 1 heterocycles. The molecule has 6 nitrogen and oxygen atoms in total. The minimum absolute atomic E-state index is 0.0729. The molecule has 0 unspecified atom stereocenters. The molecule has 0 aliphatic heterocycles. The van der Waals surface area contributed by atoms with Gasteiger partial charge in [-0.2, -0.15) is 0 Å². The summed E-state index contributed by atoms with van der Waals surface area (Å²) < 4.78 is 5.35. The lowest BCUT2D eigenvalue weighted by Gasteiger charge is -2.08. The molecule has 0 atom stereocenters. The van der Waals surface area contributed by atoms with E-state index in [4.69, 9.17) is 9.52 Å². The van der Waals surface area contributed by atoms with Gasteiger partial charge in [0.25, 0.3) is 0 Å². The maximum Gasteiger partial charge on any atom is 0.196 e. The molecule has 3 rings (SSSR count). The fraction of sp³-hybridized carbons (Fsp3) is 0.370. The van der Waals surface area contributed by atoms with Crippen molar-refractivity contribution in [2.75, 3.05) is 0 Å². The molecule has 1 aromatic heterocycles.